The molecule has 0 aliphatic carbocycles. The van der Waals surface area contributed by atoms with Crippen molar-refractivity contribution in [1.82, 2.24) is 5.16 Å². The third kappa shape index (κ3) is 1.95. The summed E-state index contributed by atoms with van der Waals surface area (Å²) in [6.45, 7) is 0. The molecular weight excluding hydrogens is 312 g/mol. The van der Waals surface area contributed by atoms with Gasteiger partial charge in [0.2, 0.25) is 0 Å². The molecule has 0 radical (unpaired) electrons. The SMILES string of the molecule is Nc1noc(-c2ccsc2)c1-c1ccc(Br)cc1. The number of hydrogen-bond acceptors (Lipinski definition) is 4. The fourth-order valence-corrected chi connectivity index (χ4v) is 2.69. The van der Waals surface area contributed by atoms with E-state index in [0.29, 0.717) is 5.82 Å². The van der Waals surface area contributed by atoms with E-state index in [9.17, 15) is 0 Å². The molecule has 2 heterocycles. The monoisotopic (exact) mass is 320 g/mol. The summed E-state index contributed by atoms with van der Waals surface area (Å²) < 4.78 is 6.37. The van der Waals surface area contributed by atoms with E-state index >= 15 is 0 Å². The quantitative estimate of drug-likeness (QED) is 0.760. The molecule has 0 unspecified atom stereocenters. The summed E-state index contributed by atoms with van der Waals surface area (Å²) in [6.07, 6.45) is 0. The molecule has 1 aromatic carbocycles. The highest BCUT2D eigenvalue weighted by molar-refractivity contribution is 9.10. The van der Waals surface area contributed by atoms with Crippen molar-refractivity contribution in [3.8, 4) is 22.5 Å². The van der Waals surface area contributed by atoms with Gasteiger partial charge in [0, 0.05) is 15.4 Å². The van der Waals surface area contributed by atoms with Crippen LogP contribution < -0.4 is 5.73 Å². The van der Waals surface area contributed by atoms with E-state index in [2.05, 4.69) is 21.1 Å². The van der Waals surface area contributed by atoms with E-state index in [1.165, 1.54) is 0 Å². The third-order valence-electron chi connectivity index (χ3n) is 2.63. The van der Waals surface area contributed by atoms with Gasteiger partial charge in [0.05, 0.1) is 5.56 Å². The molecule has 0 aliphatic heterocycles. The number of rotatable bonds is 2. The van der Waals surface area contributed by atoms with Crippen molar-refractivity contribution < 1.29 is 4.52 Å². The number of nitrogens with two attached hydrogens (primary N) is 1. The van der Waals surface area contributed by atoms with Gasteiger partial charge >= 0.3 is 0 Å². The Bertz CT molecular complexity index is 659. The van der Waals surface area contributed by atoms with Gasteiger partial charge in [-0.05, 0) is 29.1 Å². The lowest BCUT2D eigenvalue weighted by Gasteiger charge is -2.01. The van der Waals surface area contributed by atoms with Gasteiger partial charge in [-0.15, -0.1) is 0 Å². The van der Waals surface area contributed by atoms with Crippen molar-refractivity contribution in [3.05, 3.63) is 45.6 Å². The van der Waals surface area contributed by atoms with E-state index in [0.717, 1.165) is 26.9 Å². The van der Waals surface area contributed by atoms with Gasteiger partial charge in [-0.3, -0.25) is 0 Å². The zero-order valence-corrected chi connectivity index (χ0v) is 11.7. The molecule has 0 saturated heterocycles. The molecule has 0 spiro atoms. The normalized spacial score (nSPS) is 10.7. The maximum atomic E-state index is 5.90. The number of benzene rings is 1. The largest absolute Gasteiger partial charge is 0.380 e. The Kier molecular flexibility index (Phi) is 2.93. The Hall–Kier alpha value is -1.59. The predicted octanol–water partition coefficient (Wildman–Crippen LogP) is 4.41. The van der Waals surface area contributed by atoms with Crippen LogP contribution in [0.2, 0.25) is 0 Å². The summed E-state index contributed by atoms with van der Waals surface area (Å²) in [7, 11) is 0. The van der Waals surface area contributed by atoms with E-state index < -0.39 is 0 Å². The molecule has 2 aromatic heterocycles. The van der Waals surface area contributed by atoms with E-state index in [1.54, 1.807) is 11.3 Å². The molecule has 0 fully saturated rings. The maximum absolute atomic E-state index is 5.90. The van der Waals surface area contributed by atoms with Gasteiger partial charge in [0.15, 0.2) is 11.6 Å². The van der Waals surface area contributed by atoms with Gasteiger partial charge in [0.25, 0.3) is 0 Å². The first-order chi connectivity index (χ1) is 8.75. The van der Waals surface area contributed by atoms with Crippen LogP contribution in [0.4, 0.5) is 5.82 Å². The minimum absolute atomic E-state index is 0.415. The molecule has 3 aromatic rings. The van der Waals surface area contributed by atoms with Crippen molar-refractivity contribution >= 4 is 33.1 Å². The molecule has 2 N–H and O–H groups in total. The molecule has 0 amide bonds. The smallest absolute Gasteiger partial charge is 0.177 e. The molecule has 0 saturated carbocycles. The summed E-state index contributed by atoms with van der Waals surface area (Å²) in [5.41, 5.74) is 8.75. The number of hydrogen-bond donors (Lipinski definition) is 1. The minimum atomic E-state index is 0.415. The van der Waals surface area contributed by atoms with Crippen LogP contribution in [0.15, 0.2) is 50.1 Å². The van der Waals surface area contributed by atoms with Crippen LogP contribution in [0.25, 0.3) is 22.5 Å². The van der Waals surface area contributed by atoms with Crippen LogP contribution in [0, 0.1) is 0 Å². The van der Waals surface area contributed by atoms with E-state index in [4.69, 9.17) is 10.3 Å². The van der Waals surface area contributed by atoms with Crippen LogP contribution in [-0.4, -0.2) is 5.16 Å². The fourth-order valence-electron chi connectivity index (χ4n) is 1.79. The first kappa shape index (κ1) is 11.5. The zero-order valence-electron chi connectivity index (χ0n) is 9.26. The number of nitrogen functional groups attached to an aromatic ring is 1. The molecule has 0 bridgehead atoms. The summed E-state index contributed by atoms with van der Waals surface area (Å²) in [6, 6.07) is 9.91. The zero-order chi connectivity index (χ0) is 12.5. The molecule has 0 aliphatic rings. The lowest BCUT2D eigenvalue weighted by atomic mass is 10.0. The maximum Gasteiger partial charge on any atom is 0.177 e. The van der Waals surface area contributed by atoms with Crippen LogP contribution in [-0.2, 0) is 0 Å². The van der Waals surface area contributed by atoms with Gasteiger partial charge in [-0.1, -0.05) is 33.2 Å². The lowest BCUT2D eigenvalue weighted by molar-refractivity contribution is 0.436. The molecule has 0 atom stereocenters. The number of nitrogens with zero attached hydrogens (tertiary/aromatic N) is 1. The second-order valence-corrected chi connectivity index (χ2v) is 5.49. The third-order valence-corrected chi connectivity index (χ3v) is 3.85. The van der Waals surface area contributed by atoms with Crippen molar-refractivity contribution in [1.29, 1.82) is 0 Å². The van der Waals surface area contributed by atoms with Crippen LogP contribution in [0.3, 0.4) is 0 Å². The summed E-state index contributed by atoms with van der Waals surface area (Å²) in [4.78, 5) is 0. The molecule has 18 heavy (non-hydrogen) atoms. The number of thiophene rings is 1. The molecule has 3 rings (SSSR count). The topological polar surface area (TPSA) is 52.0 Å². The average molecular weight is 321 g/mol. The van der Waals surface area contributed by atoms with Crippen LogP contribution in [0.5, 0.6) is 0 Å². The highest BCUT2D eigenvalue weighted by Crippen LogP contribution is 2.37. The first-order valence-corrected chi connectivity index (χ1v) is 7.03. The van der Waals surface area contributed by atoms with Gasteiger partial charge in [-0.2, -0.15) is 11.3 Å². The summed E-state index contributed by atoms with van der Waals surface area (Å²) in [5.74, 6) is 1.13. The Morgan fingerprint density at radius 3 is 2.56 bits per heavy atom. The molecule has 90 valence electrons. The van der Waals surface area contributed by atoms with Crippen molar-refractivity contribution in [2.24, 2.45) is 0 Å². The van der Waals surface area contributed by atoms with Crippen molar-refractivity contribution in [2.45, 2.75) is 0 Å². The van der Waals surface area contributed by atoms with Gasteiger partial charge in [-0.25, -0.2) is 0 Å². The number of aromatic nitrogens is 1. The average Bonchev–Trinajstić information content (AvgIpc) is 2.99. The number of anilines is 1. The minimum Gasteiger partial charge on any atom is -0.380 e. The highest BCUT2D eigenvalue weighted by Gasteiger charge is 2.17. The van der Waals surface area contributed by atoms with Gasteiger partial charge < -0.3 is 10.3 Å². The van der Waals surface area contributed by atoms with E-state index in [1.807, 2.05) is 41.1 Å². The van der Waals surface area contributed by atoms with Crippen molar-refractivity contribution in [3.63, 3.8) is 0 Å². The van der Waals surface area contributed by atoms with Crippen LogP contribution >= 0.6 is 27.3 Å². The standard InChI is InChI=1S/C13H9BrN2OS/c14-10-3-1-8(2-4-10)11-12(17-16-13(11)15)9-5-6-18-7-9/h1-7H,(H2,15,16). The Morgan fingerprint density at radius 1 is 1.11 bits per heavy atom. The predicted molar refractivity (Wildman–Crippen MR) is 77.4 cm³/mol. The molecule has 5 heteroatoms. The lowest BCUT2D eigenvalue weighted by Crippen LogP contribution is -1.88. The second kappa shape index (κ2) is 4.59. The van der Waals surface area contributed by atoms with Crippen molar-refractivity contribution in [2.75, 3.05) is 5.73 Å². The molecule has 3 nitrogen and oxygen atoms in total. The Balaban J connectivity index is 2.17. The van der Waals surface area contributed by atoms with Crippen LogP contribution in [0.1, 0.15) is 0 Å². The summed E-state index contributed by atoms with van der Waals surface area (Å²) in [5, 5.41) is 7.88. The van der Waals surface area contributed by atoms with Gasteiger partial charge in [0.1, 0.15) is 0 Å². The number of halogens is 1. The Labute approximate surface area is 116 Å². The fraction of sp³-hybridized carbons (Fsp3) is 0. The second-order valence-electron chi connectivity index (χ2n) is 3.79. The van der Waals surface area contributed by atoms with E-state index in [-0.39, 0.29) is 0 Å². The molecular formula is C13H9BrN2OS. The summed E-state index contributed by atoms with van der Waals surface area (Å²) >= 11 is 5.03. The Morgan fingerprint density at radius 2 is 1.89 bits per heavy atom. The highest BCUT2D eigenvalue weighted by atomic mass is 79.9. The first-order valence-electron chi connectivity index (χ1n) is 5.29.